The number of ether oxygens (including phenoxy) is 6. The highest BCUT2D eigenvalue weighted by Gasteiger charge is 2.23. The molecule has 11 heteroatoms. The molecule has 1 heterocycles. The molecule has 4 rings (SSSR count). The van der Waals surface area contributed by atoms with Gasteiger partial charge in [-0.25, -0.2) is 9.67 Å². The molecular weight excluding hydrogens is 492 g/mol. The first kappa shape index (κ1) is 26.1. The average molecular weight is 521 g/mol. The lowest BCUT2D eigenvalue weighted by Crippen LogP contribution is -2.14. The number of amides is 1. The largest absolute Gasteiger partial charge is 0.497 e. The summed E-state index contributed by atoms with van der Waals surface area (Å²) in [4.78, 5) is 17.8. The molecule has 4 aromatic rings. The fourth-order valence-corrected chi connectivity index (χ4v) is 3.83. The van der Waals surface area contributed by atoms with Crippen LogP contribution in [0.25, 0.3) is 17.1 Å². The summed E-state index contributed by atoms with van der Waals surface area (Å²) in [7, 11) is 9.20. The van der Waals surface area contributed by atoms with E-state index in [1.165, 1.54) is 35.5 Å². The Morgan fingerprint density at radius 1 is 0.737 bits per heavy atom. The summed E-state index contributed by atoms with van der Waals surface area (Å²) in [6.45, 7) is 0. The maximum Gasteiger partial charge on any atom is 0.295 e. The summed E-state index contributed by atoms with van der Waals surface area (Å²) in [5.41, 5.74) is 1.70. The van der Waals surface area contributed by atoms with E-state index in [0.29, 0.717) is 57.3 Å². The lowest BCUT2D eigenvalue weighted by Gasteiger charge is -2.14. The van der Waals surface area contributed by atoms with Gasteiger partial charge in [0.15, 0.2) is 28.8 Å². The van der Waals surface area contributed by atoms with Crippen molar-refractivity contribution in [3.8, 4) is 51.6 Å². The van der Waals surface area contributed by atoms with Crippen molar-refractivity contribution < 1.29 is 33.2 Å². The van der Waals surface area contributed by atoms with E-state index in [2.05, 4.69) is 15.4 Å². The zero-order valence-corrected chi connectivity index (χ0v) is 21.9. The smallest absolute Gasteiger partial charge is 0.295 e. The van der Waals surface area contributed by atoms with Crippen molar-refractivity contribution in [3.63, 3.8) is 0 Å². The van der Waals surface area contributed by atoms with Crippen molar-refractivity contribution in [3.05, 3.63) is 60.4 Å². The Bertz CT molecular complexity index is 1430. The molecule has 0 atom stereocenters. The van der Waals surface area contributed by atoms with E-state index in [1.54, 1.807) is 48.2 Å². The highest BCUT2D eigenvalue weighted by molar-refractivity contribution is 6.02. The molecule has 1 aromatic heterocycles. The van der Waals surface area contributed by atoms with E-state index in [0.717, 1.165) is 0 Å². The van der Waals surface area contributed by atoms with Gasteiger partial charge in [0.05, 0.1) is 48.3 Å². The van der Waals surface area contributed by atoms with Crippen LogP contribution < -0.4 is 33.7 Å². The van der Waals surface area contributed by atoms with Crippen LogP contribution in [0, 0.1) is 0 Å². The molecule has 0 radical (unpaired) electrons. The van der Waals surface area contributed by atoms with E-state index in [9.17, 15) is 4.79 Å². The van der Waals surface area contributed by atoms with Crippen LogP contribution in [0.2, 0.25) is 0 Å². The summed E-state index contributed by atoms with van der Waals surface area (Å²) in [5, 5.41) is 7.33. The number of hydrogen-bond donors (Lipinski definition) is 1. The summed E-state index contributed by atoms with van der Waals surface area (Å²) >= 11 is 0. The molecule has 0 fully saturated rings. The van der Waals surface area contributed by atoms with E-state index in [4.69, 9.17) is 28.4 Å². The summed E-state index contributed by atoms with van der Waals surface area (Å²) in [6, 6.07) is 15.7. The van der Waals surface area contributed by atoms with Crippen LogP contribution in [0.5, 0.6) is 34.5 Å². The van der Waals surface area contributed by atoms with Crippen molar-refractivity contribution in [2.75, 3.05) is 48.0 Å². The van der Waals surface area contributed by atoms with Gasteiger partial charge >= 0.3 is 0 Å². The maximum absolute atomic E-state index is 13.3. The lowest BCUT2D eigenvalue weighted by atomic mass is 10.1. The van der Waals surface area contributed by atoms with Gasteiger partial charge in [0, 0.05) is 23.4 Å². The summed E-state index contributed by atoms with van der Waals surface area (Å²) in [6.07, 6.45) is 0. The Hall–Kier alpha value is -4.93. The van der Waals surface area contributed by atoms with Crippen molar-refractivity contribution >= 4 is 11.6 Å². The number of rotatable bonds is 10. The van der Waals surface area contributed by atoms with E-state index < -0.39 is 5.91 Å². The monoisotopic (exact) mass is 520 g/mol. The van der Waals surface area contributed by atoms with Gasteiger partial charge in [-0.15, -0.1) is 5.10 Å². The van der Waals surface area contributed by atoms with Gasteiger partial charge in [-0.3, -0.25) is 4.79 Å². The molecule has 3 aromatic carbocycles. The molecule has 38 heavy (non-hydrogen) atoms. The number of carbonyl (C=O) groups is 1. The Kier molecular flexibility index (Phi) is 7.86. The molecule has 0 saturated carbocycles. The van der Waals surface area contributed by atoms with Crippen molar-refractivity contribution in [2.45, 2.75) is 0 Å². The van der Waals surface area contributed by atoms with Crippen LogP contribution >= 0.6 is 0 Å². The lowest BCUT2D eigenvalue weighted by molar-refractivity contribution is 0.101. The van der Waals surface area contributed by atoms with Crippen LogP contribution in [-0.4, -0.2) is 63.3 Å². The molecule has 1 amide bonds. The van der Waals surface area contributed by atoms with E-state index in [-0.39, 0.29) is 5.82 Å². The number of nitrogens with zero attached hydrogens (tertiary/aromatic N) is 3. The minimum atomic E-state index is -0.521. The number of nitrogens with one attached hydrogen (secondary N) is 1. The van der Waals surface area contributed by atoms with Crippen molar-refractivity contribution in [1.82, 2.24) is 14.8 Å². The number of hydrogen-bond acceptors (Lipinski definition) is 9. The highest BCUT2D eigenvalue weighted by Crippen LogP contribution is 2.41. The molecule has 0 unspecified atom stereocenters. The van der Waals surface area contributed by atoms with Gasteiger partial charge in [-0.2, -0.15) is 0 Å². The predicted molar refractivity (Wildman–Crippen MR) is 141 cm³/mol. The fourth-order valence-electron chi connectivity index (χ4n) is 3.83. The number of aromatic nitrogens is 3. The predicted octanol–water partition coefficient (Wildman–Crippen LogP) is 4.24. The minimum Gasteiger partial charge on any atom is -0.497 e. The molecule has 1 N–H and O–H groups in total. The van der Waals surface area contributed by atoms with Crippen LogP contribution in [0.4, 0.5) is 5.69 Å². The zero-order chi connectivity index (χ0) is 27.2. The van der Waals surface area contributed by atoms with Crippen LogP contribution in [0.1, 0.15) is 10.6 Å². The fraction of sp³-hybridized carbons (Fsp3) is 0.222. The molecule has 0 aliphatic rings. The Morgan fingerprint density at radius 3 is 2.03 bits per heavy atom. The average Bonchev–Trinajstić information content (AvgIpc) is 3.42. The molecule has 0 bridgehead atoms. The number of carbonyl (C=O) groups excluding carboxylic acids is 1. The van der Waals surface area contributed by atoms with Gasteiger partial charge in [-0.1, -0.05) is 6.07 Å². The van der Waals surface area contributed by atoms with Crippen molar-refractivity contribution in [1.29, 1.82) is 0 Å². The number of methoxy groups -OCH3 is 6. The van der Waals surface area contributed by atoms with Gasteiger partial charge in [0.25, 0.3) is 5.91 Å². The first-order chi connectivity index (χ1) is 18.5. The normalized spacial score (nSPS) is 10.5. The molecule has 0 saturated heterocycles. The van der Waals surface area contributed by atoms with Crippen LogP contribution in [-0.2, 0) is 0 Å². The molecule has 11 nitrogen and oxygen atoms in total. The second-order valence-corrected chi connectivity index (χ2v) is 7.81. The molecular formula is C27H28N4O7. The van der Waals surface area contributed by atoms with Gasteiger partial charge in [0.2, 0.25) is 11.6 Å². The van der Waals surface area contributed by atoms with Crippen LogP contribution in [0.15, 0.2) is 54.6 Å². The second-order valence-electron chi connectivity index (χ2n) is 7.81. The third-order valence-corrected chi connectivity index (χ3v) is 5.67. The first-order valence-corrected chi connectivity index (χ1v) is 11.4. The summed E-state index contributed by atoms with van der Waals surface area (Å²) < 4.78 is 34.0. The summed E-state index contributed by atoms with van der Waals surface area (Å²) in [5.74, 6) is 2.70. The SMILES string of the molecule is COc1cccc(-n2nc(C(=O)Nc3ccc(OC)c(OC)c3)nc2-c2cc(OC)c(OC)c(OC)c2)c1. The zero-order valence-electron chi connectivity index (χ0n) is 21.9. The Balaban J connectivity index is 1.82. The minimum absolute atomic E-state index is 0.0636. The van der Waals surface area contributed by atoms with Crippen LogP contribution in [0.3, 0.4) is 0 Å². The molecule has 0 spiro atoms. The Morgan fingerprint density at radius 2 is 1.42 bits per heavy atom. The third-order valence-electron chi connectivity index (χ3n) is 5.67. The molecule has 198 valence electrons. The maximum atomic E-state index is 13.3. The first-order valence-electron chi connectivity index (χ1n) is 11.4. The number of benzene rings is 3. The standard InChI is InChI=1S/C27H28N4O7/c1-33-19-9-7-8-18(15-19)31-26(16-12-22(36-4)24(38-6)23(13-16)37-5)29-25(30-31)27(32)28-17-10-11-20(34-2)21(14-17)35-3/h7-15H,1-6H3,(H,28,32). The van der Waals surface area contributed by atoms with Gasteiger partial charge < -0.3 is 33.7 Å². The van der Waals surface area contributed by atoms with Gasteiger partial charge in [-0.05, 0) is 36.4 Å². The topological polar surface area (TPSA) is 115 Å². The molecule has 0 aliphatic carbocycles. The highest BCUT2D eigenvalue weighted by atomic mass is 16.5. The second kappa shape index (κ2) is 11.4. The quantitative estimate of drug-likeness (QED) is 0.328. The number of anilines is 1. The Labute approximate surface area is 219 Å². The third kappa shape index (κ3) is 5.12. The molecule has 0 aliphatic heterocycles. The van der Waals surface area contributed by atoms with E-state index >= 15 is 0 Å². The van der Waals surface area contributed by atoms with E-state index in [1.807, 2.05) is 18.2 Å². The van der Waals surface area contributed by atoms with Crippen molar-refractivity contribution in [2.24, 2.45) is 0 Å². The van der Waals surface area contributed by atoms with Gasteiger partial charge in [0.1, 0.15) is 5.75 Å².